The minimum atomic E-state index is 0.536. The fourth-order valence-corrected chi connectivity index (χ4v) is 3.88. The van der Waals surface area contributed by atoms with E-state index in [1.54, 1.807) is 0 Å². The van der Waals surface area contributed by atoms with E-state index in [2.05, 4.69) is 54.5 Å². The molecule has 21 heavy (non-hydrogen) atoms. The van der Waals surface area contributed by atoms with Crippen LogP contribution in [0.25, 0.3) is 0 Å². The van der Waals surface area contributed by atoms with Crippen LogP contribution in [0, 0.1) is 11.8 Å². The van der Waals surface area contributed by atoms with Gasteiger partial charge in [0.05, 0.1) is 0 Å². The molecule has 0 amide bonds. The molecule has 1 aromatic carbocycles. The van der Waals surface area contributed by atoms with E-state index in [1.165, 1.54) is 44.2 Å². The summed E-state index contributed by atoms with van der Waals surface area (Å²) in [6.45, 7) is 3.42. The molecule has 116 valence electrons. The molecule has 3 atom stereocenters. The summed E-state index contributed by atoms with van der Waals surface area (Å²) in [6, 6.07) is 12.0. The first-order valence-electron chi connectivity index (χ1n) is 8.77. The summed E-state index contributed by atoms with van der Waals surface area (Å²) < 4.78 is 0. The molecule has 0 radical (unpaired) electrons. The molecule has 0 spiro atoms. The topological polar surface area (TPSA) is 15.3 Å². The Kier molecular flexibility index (Phi) is 4.84. The second-order valence-corrected chi connectivity index (χ2v) is 7.10. The summed E-state index contributed by atoms with van der Waals surface area (Å²) in [7, 11) is 2.21. The number of hydrogen-bond acceptors (Lipinski definition) is 2. The lowest BCUT2D eigenvalue weighted by atomic mass is 9.81. The predicted octanol–water partition coefficient (Wildman–Crippen LogP) is 4.07. The first kappa shape index (κ1) is 14.9. The van der Waals surface area contributed by atoms with Crippen molar-refractivity contribution in [2.45, 2.75) is 57.5 Å². The van der Waals surface area contributed by atoms with Gasteiger partial charge in [0.25, 0.3) is 0 Å². The van der Waals surface area contributed by atoms with Gasteiger partial charge in [0.15, 0.2) is 0 Å². The average Bonchev–Trinajstić information content (AvgIpc) is 3.38. The Morgan fingerprint density at radius 2 is 1.81 bits per heavy atom. The summed E-state index contributed by atoms with van der Waals surface area (Å²) in [4.78, 5) is 2.39. The van der Waals surface area contributed by atoms with E-state index in [0.717, 1.165) is 24.4 Å². The van der Waals surface area contributed by atoms with Crippen LogP contribution < -0.4 is 10.2 Å². The third kappa shape index (κ3) is 3.79. The van der Waals surface area contributed by atoms with Crippen LogP contribution in [0.4, 0.5) is 5.69 Å². The maximum atomic E-state index is 3.90. The quantitative estimate of drug-likeness (QED) is 0.848. The Labute approximate surface area is 129 Å². The van der Waals surface area contributed by atoms with Gasteiger partial charge in [-0.2, -0.15) is 0 Å². The molecule has 0 heterocycles. The average molecular weight is 286 g/mol. The summed E-state index contributed by atoms with van der Waals surface area (Å²) in [5.74, 6) is 2.01. The van der Waals surface area contributed by atoms with Gasteiger partial charge in [0, 0.05) is 31.4 Å². The first-order valence-corrected chi connectivity index (χ1v) is 8.77. The number of rotatable bonds is 6. The maximum Gasteiger partial charge on any atom is 0.0383 e. The lowest BCUT2D eigenvalue weighted by Gasteiger charge is -2.35. The lowest BCUT2D eigenvalue weighted by molar-refractivity contribution is 0.234. The second kappa shape index (κ2) is 6.83. The third-order valence-corrected chi connectivity index (χ3v) is 5.55. The fraction of sp³-hybridized carbons (Fsp3) is 0.684. The largest absolute Gasteiger partial charge is 0.371 e. The van der Waals surface area contributed by atoms with Gasteiger partial charge in [0.1, 0.15) is 0 Å². The SMILES string of the molecule is CC(CNC1CCCCC1C1CC1)N(C)c1ccccc1. The van der Waals surface area contributed by atoms with Crippen molar-refractivity contribution in [3.63, 3.8) is 0 Å². The van der Waals surface area contributed by atoms with Crippen LogP contribution >= 0.6 is 0 Å². The Bertz CT molecular complexity index is 426. The van der Waals surface area contributed by atoms with E-state index in [0.29, 0.717) is 6.04 Å². The number of nitrogens with zero attached hydrogens (tertiary/aromatic N) is 1. The summed E-state index contributed by atoms with van der Waals surface area (Å²) in [6.07, 6.45) is 8.71. The van der Waals surface area contributed by atoms with Gasteiger partial charge < -0.3 is 10.2 Å². The van der Waals surface area contributed by atoms with Crippen molar-refractivity contribution in [3.8, 4) is 0 Å². The molecule has 2 nitrogen and oxygen atoms in total. The first-order chi connectivity index (χ1) is 10.3. The highest BCUT2D eigenvalue weighted by Crippen LogP contribution is 2.44. The second-order valence-electron chi connectivity index (χ2n) is 7.10. The Balaban J connectivity index is 1.51. The monoisotopic (exact) mass is 286 g/mol. The minimum absolute atomic E-state index is 0.536. The zero-order valence-electron chi connectivity index (χ0n) is 13.6. The molecule has 2 saturated carbocycles. The van der Waals surface area contributed by atoms with Crippen molar-refractivity contribution in [3.05, 3.63) is 30.3 Å². The molecule has 3 unspecified atom stereocenters. The number of nitrogens with one attached hydrogen (secondary N) is 1. The van der Waals surface area contributed by atoms with E-state index in [4.69, 9.17) is 0 Å². The zero-order chi connectivity index (χ0) is 14.7. The van der Waals surface area contributed by atoms with E-state index in [1.807, 2.05) is 0 Å². The highest BCUT2D eigenvalue weighted by atomic mass is 15.2. The Hall–Kier alpha value is -1.02. The molecule has 0 bridgehead atoms. The molecule has 3 rings (SSSR count). The van der Waals surface area contributed by atoms with Crippen LogP contribution in [0.2, 0.25) is 0 Å². The molecular weight excluding hydrogens is 256 g/mol. The van der Waals surface area contributed by atoms with Gasteiger partial charge in [-0.05, 0) is 56.6 Å². The zero-order valence-corrected chi connectivity index (χ0v) is 13.6. The van der Waals surface area contributed by atoms with Crippen LogP contribution in [-0.4, -0.2) is 25.7 Å². The van der Waals surface area contributed by atoms with Gasteiger partial charge in [-0.15, -0.1) is 0 Å². The molecular formula is C19H30N2. The van der Waals surface area contributed by atoms with Crippen LogP contribution in [0.1, 0.15) is 45.4 Å². The summed E-state index contributed by atoms with van der Waals surface area (Å²) in [5.41, 5.74) is 1.31. The van der Waals surface area contributed by atoms with Crippen molar-refractivity contribution < 1.29 is 0 Å². The number of likely N-dealkylation sites (N-methyl/N-ethyl adjacent to an activating group) is 1. The Morgan fingerprint density at radius 3 is 2.52 bits per heavy atom. The van der Waals surface area contributed by atoms with Crippen molar-refractivity contribution >= 4 is 5.69 Å². The normalized spacial score (nSPS) is 27.3. The van der Waals surface area contributed by atoms with Crippen molar-refractivity contribution in [1.29, 1.82) is 0 Å². The highest BCUT2D eigenvalue weighted by Gasteiger charge is 2.37. The van der Waals surface area contributed by atoms with E-state index in [9.17, 15) is 0 Å². The molecule has 0 aromatic heterocycles. The van der Waals surface area contributed by atoms with Crippen LogP contribution in [0.3, 0.4) is 0 Å². The predicted molar refractivity (Wildman–Crippen MR) is 90.8 cm³/mol. The van der Waals surface area contributed by atoms with Gasteiger partial charge >= 0.3 is 0 Å². The number of anilines is 1. The van der Waals surface area contributed by atoms with Gasteiger partial charge in [0.2, 0.25) is 0 Å². The third-order valence-electron chi connectivity index (χ3n) is 5.55. The molecule has 2 aliphatic carbocycles. The van der Waals surface area contributed by atoms with Crippen LogP contribution in [0.5, 0.6) is 0 Å². The number of para-hydroxylation sites is 1. The molecule has 0 saturated heterocycles. The summed E-state index contributed by atoms with van der Waals surface area (Å²) in [5, 5.41) is 3.90. The van der Waals surface area contributed by atoms with Gasteiger partial charge in [-0.1, -0.05) is 31.0 Å². The maximum absolute atomic E-state index is 3.90. The van der Waals surface area contributed by atoms with E-state index < -0.39 is 0 Å². The summed E-state index contributed by atoms with van der Waals surface area (Å²) >= 11 is 0. The number of hydrogen-bond donors (Lipinski definition) is 1. The van der Waals surface area contributed by atoms with E-state index in [-0.39, 0.29) is 0 Å². The molecule has 1 aromatic rings. The number of benzene rings is 1. The minimum Gasteiger partial charge on any atom is -0.371 e. The van der Waals surface area contributed by atoms with Gasteiger partial charge in [-0.3, -0.25) is 0 Å². The van der Waals surface area contributed by atoms with E-state index >= 15 is 0 Å². The van der Waals surface area contributed by atoms with Crippen molar-refractivity contribution in [2.24, 2.45) is 11.8 Å². The molecule has 2 heteroatoms. The van der Waals surface area contributed by atoms with Crippen molar-refractivity contribution in [1.82, 2.24) is 5.32 Å². The molecule has 2 fully saturated rings. The highest BCUT2D eigenvalue weighted by molar-refractivity contribution is 5.45. The standard InChI is InChI=1S/C19H30N2/c1-15(21(2)17-8-4-3-5-9-17)14-20-19-11-7-6-10-18(19)16-12-13-16/h3-5,8-9,15-16,18-20H,6-7,10-14H2,1-2H3. The fourth-order valence-electron chi connectivity index (χ4n) is 3.88. The lowest BCUT2D eigenvalue weighted by Crippen LogP contribution is -2.46. The molecule has 1 N–H and O–H groups in total. The molecule has 0 aliphatic heterocycles. The van der Waals surface area contributed by atoms with Crippen molar-refractivity contribution in [2.75, 3.05) is 18.5 Å². The Morgan fingerprint density at radius 1 is 1.10 bits per heavy atom. The van der Waals surface area contributed by atoms with Crippen LogP contribution in [-0.2, 0) is 0 Å². The van der Waals surface area contributed by atoms with Crippen LogP contribution in [0.15, 0.2) is 30.3 Å². The van der Waals surface area contributed by atoms with Gasteiger partial charge in [-0.25, -0.2) is 0 Å². The molecule has 2 aliphatic rings. The smallest absolute Gasteiger partial charge is 0.0383 e.